The van der Waals surface area contributed by atoms with E-state index in [1.807, 2.05) is 42.5 Å². The molecule has 1 aromatic heterocycles. The SMILES string of the molecule is COc1ccc(/C=C(/C(=O)N2CCOCC2)c2nc3ccccc3[nH]2)c(OC)c1. The summed E-state index contributed by atoms with van der Waals surface area (Å²) in [5.41, 5.74) is 2.94. The van der Waals surface area contributed by atoms with Gasteiger partial charge in [0.2, 0.25) is 0 Å². The Bertz CT molecular complexity index is 1020. The fraction of sp³-hybridized carbons (Fsp3) is 0.273. The lowest BCUT2D eigenvalue weighted by molar-refractivity contribution is -0.128. The molecule has 3 aromatic rings. The van der Waals surface area contributed by atoms with Crippen LogP contribution in [0.3, 0.4) is 0 Å². The van der Waals surface area contributed by atoms with Crippen LogP contribution in [0.5, 0.6) is 11.5 Å². The van der Waals surface area contributed by atoms with Gasteiger partial charge < -0.3 is 24.1 Å². The number of methoxy groups -OCH3 is 2. The van der Waals surface area contributed by atoms with Gasteiger partial charge in [-0.1, -0.05) is 12.1 Å². The second-order valence-corrected chi connectivity index (χ2v) is 6.67. The number of nitrogens with zero attached hydrogens (tertiary/aromatic N) is 2. The number of benzene rings is 2. The number of fused-ring (bicyclic) bond motifs is 1. The summed E-state index contributed by atoms with van der Waals surface area (Å²) >= 11 is 0. The van der Waals surface area contributed by atoms with Gasteiger partial charge in [0, 0.05) is 24.7 Å². The fourth-order valence-electron chi connectivity index (χ4n) is 3.34. The largest absolute Gasteiger partial charge is 0.497 e. The highest BCUT2D eigenvalue weighted by Gasteiger charge is 2.24. The molecule has 29 heavy (non-hydrogen) atoms. The number of H-pyrrole nitrogens is 1. The van der Waals surface area contributed by atoms with Crippen molar-refractivity contribution in [2.24, 2.45) is 0 Å². The Morgan fingerprint density at radius 1 is 1.14 bits per heavy atom. The summed E-state index contributed by atoms with van der Waals surface area (Å²) in [5.74, 6) is 1.74. The fourth-order valence-corrected chi connectivity index (χ4v) is 3.34. The molecule has 1 N–H and O–H groups in total. The maximum Gasteiger partial charge on any atom is 0.257 e. The minimum Gasteiger partial charge on any atom is -0.497 e. The Labute approximate surface area is 168 Å². The molecule has 0 atom stereocenters. The molecule has 0 aliphatic carbocycles. The highest BCUT2D eigenvalue weighted by molar-refractivity contribution is 6.23. The standard InChI is InChI=1S/C22H23N3O4/c1-27-16-8-7-15(20(14-16)28-2)13-17(22(26)25-9-11-29-12-10-25)21-23-18-5-3-4-6-19(18)24-21/h3-8,13-14H,9-12H2,1-2H3,(H,23,24)/b17-13+. The maximum absolute atomic E-state index is 13.4. The number of hydrogen-bond acceptors (Lipinski definition) is 5. The van der Waals surface area contributed by atoms with Gasteiger partial charge in [-0.25, -0.2) is 4.98 Å². The summed E-state index contributed by atoms with van der Waals surface area (Å²) in [6.45, 7) is 2.17. The van der Waals surface area contributed by atoms with Crippen molar-refractivity contribution in [2.45, 2.75) is 0 Å². The van der Waals surface area contributed by atoms with E-state index < -0.39 is 0 Å². The van der Waals surface area contributed by atoms with Crippen molar-refractivity contribution in [3.05, 3.63) is 53.9 Å². The van der Waals surface area contributed by atoms with Crippen LogP contribution < -0.4 is 9.47 Å². The number of aromatic nitrogens is 2. The predicted molar refractivity (Wildman–Crippen MR) is 111 cm³/mol. The molecule has 1 amide bonds. The average molecular weight is 393 g/mol. The number of morpholine rings is 1. The van der Waals surface area contributed by atoms with E-state index >= 15 is 0 Å². The van der Waals surface area contributed by atoms with Crippen molar-refractivity contribution < 1.29 is 19.0 Å². The smallest absolute Gasteiger partial charge is 0.257 e. The number of rotatable bonds is 5. The Morgan fingerprint density at radius 2 is 1.93 bits per heavy atom. The van der Waals surface area contributed by atoms with Gasteiger partial charge in [-0.3, -0.25) is 4.79 Å². The van der Waals surface area contributed by atoms with Crippen LogP contribution >= 0.6 is 0 Å². The van der Waals surface area contributed by atoms with Crippen molar-refractivity contribution in [1.82, 2.24) is 14.9 Å². The summed E-state index contributed by atoms with van der Waals surface area (Å²) in [7, 11) is 3.20. The molecule has 150 valence electrons. The Balaban J connectivity index is 1.81. The average Bonchev–Trinajstić information content (AvgIpc) is 3.21. The molecule has 1 fully saturated rings. The van der Waals surface area contributed by atoms with Gasteiger partial charge in [-0.15, -0.1) is 0 Å². The van der Waals surface area contributed by atoms with E-state index in [1.54, 1.807) is 25.2 Å². The van der Waals surface area contributed by atoms with E-state index in [4.69, 9.17) is 14.2 Å². The summed E-state index contributed by atoms with van der Waals surface area (Å²) in [5, 5.41) is 0. The number of aromatic amines is 1. The summed E-state index contributed by atoms with van der Waals surface area (Å²) in [6.07, 6.45) is 1.81. The third-order valence-electron chi connectivity index (χ3n) is 4.91. The van der Waals surface area contributed by atoms with Crippen LogP contribution in [0.25, 0.3) is 22.7 Å². The lowest BCUT2D eigenvalue weighted by atomic mass is 10.1. The van der Waals surface area contributed by atoms with Crippen LogP contribution in [-0.2, 0) is 9.53 Å². The van der Waals surface area contributed by atoms with Crippen LogP contribution in [0.15, 0.2) is 42.5 Å². The minimum absolute atomic E-state index is 0.0924. The first-order valence-electron chi connectivity index (χ1n) is 9.45. The number of hydrogen-bond donors (Lipinski definition) is 1. The number of nitrogens with one attached hydrogen (secondary N) is 1. The van der Waals surface area contributed by atoms with Crippen LogP contribution in [0.4, 0.5) is 0 Å². The Hall–Kier alpha value is -3.32. The Morgan fingerprint density at radius 3 is 2.66 bits per heavy atom. The summed E-state index contributed by atoms with van der Waals surface area (Å²) in [6, 6.07) is 13.2. The topological polar surface area (TPSA) is 76.7 Å². The van der Waals surface area contributed by atoms with Crippen LogP contribution in [0.2, 0.25) is 0 Å². The highest BCUT2D eigenvalue weighted by Crippen LogP contribution is 2.29. The number of imidazole rings is 1. The molecule has 1 aliphatic heterocycles. The van der Waals surface area contributed by atoms with E-state index in [0.29, 0.717) is 49.2 Å². The molecule has 0 spiro atoms. The molecule has 0 unspecified atom stereocenters. The molecular weight excluding hydrogens is 370 g/mol. The van der Waals surface area contributed by atoms with E-state index in [-0.39, 0.29) is 5.91 Å². The number of ether oxygens (including phenoxy) is 3. The van der Waals surface area contributed by atoms with Crippen molar-refractivity contribution >= 4 is 28.6 Å². The Kier molecular flexibility index (Phi) is 5.48. The normalized spacial score (nSPS) is 14.8. The van der Waals surface area contributed by atoms with E-state index in [1.165, 1.54) is 0 Å². The zero-order valence-electron chi connectivity index (χ0n) is 16.5. The second-order valence-electron chi connectivity index (χ2n) is 6.67. The minimum atomic E-state index is -0.0924. The molecule has 1 saturated heterocycles. The third kappa shape index (κ3) is 3.95. The molecule has 0 saturated carbocycles. The van der Waals surface area contributed by atoms with E-state index in [9.17, 15) is 4.79 Å². The molecule has 0 bridgehead atoms. The summed E-state index contributed by atoms with van der Waals surface area (Å²) in [4.78, 5) is 23.1. The first-order valence-corrected chi connectivity index (χ1v) is 9.45. The highest BCUT2D eigenvalue weighted by atomic mass is 16.5. The zero-order chi connectivity index (χ0) is 20.2. The van der Waals surface area contributed by atoms with Crippen molar-refractivity contribution in [3.63, 3.8) is 0 Å². The van der Waals surface area contributed by atoms with E-state index in [2.05, 4.69) is 9.97 Å². The second kappa shape index (κ2) is 8.36. The predicted octanol–water partition coefficient (Wildman–Crippen LogP) is 2.98. The van der Waals surface area contributed by atoms with Crippen molar-refractivity contribution in [3.8, 4) is 11.5 Å². The molecule has 0 radical (unpaired) electrons. The van der Waals surface area contributed by atoms with Crippen LogP contribution in [0.1, 0.15) is 11.4 Å². The first kappa shape index (κ1) is 19.0. The molecule has 2 aromatic carbocycles. The van der Waals surface area contributed by atoms with Crippen molar-refractivity contribution in [1.29, 1.82) is 0 Å². The van der Waals surface area contributed by atoms with Gasteiger partial charge in [0.15, 0.2) is 0 Å². The van der Waals surface area contributed by atoms with Gasteiger partial charge in [0.1, 0.15) is 17.3 Å². The van der Waals surface area contributed by atoms with Crippen LogP contribution in [0, 0.1) is 0 Å². The number of carbonyl (C=O) groups is 1. The van der Waals surface area contributed by atoms with Crippen LogP contribution in [-0.4, -0.2) is 61.3 Å². The van der Waals surface area contributed by atoms with Gasteiger partial charge in [0.25, 0.3) is 5.91 Å². The third-order valence-corrected chi connectivity index (χ3v) is 4.91. The molecule has 7 nitrogen and oxygen atoms in total. The van der Waals surface area contributed by atoms with Crippen molar-refractivity contribution in [2.75, 3.05) is 40.5 Å². The molecule has 2 heterocycles. The lowest BCUT2D eigenvalue weighted by Gasteiger charge is -2.27. The number of carbonyl (C=O) groups excluding carboxylic acids is 1. The van der Waals surface area contributed by atoms with Gasteiger partial charge >= 0.3 is 0 Å². The molecule has 1 aliphatic rings. The van der Waals surface area contributed by atoms with Gasteiger partial charge in [0.05, 0.1) is 44.0 Å². The molecule has 4 rings (SSSR count). The molecular formula is C22H23N3O4. The number of para-hydroxylation sites is 2. The first-order chi connectivity index (χ1) is 14.2. The quantitative estimate of drug-likeness (QED) is 0.675. The van der Waals surface area contributed by atoms with E-state index in [0.717, 1.165) is 16.6 Å². The summed E-state index contributed by atoms with van der Waals surface area (Å²) < 4.78 is 16.2. The molecule has 7 heteroatoms. The lowest BCUT2D eigenvalue weighted by Crippen LogP contribution is -2.41. The zero-order valence-corrected chi connectivity index (χ0v) is 16.5. The monoisotopic (exact) mass is 393 g/mol. The maximum atomic E-state index is 13.4. The number of amides is 1. The van der Waals surface area contributed by atoms with Gasteiger partial charge in [-0.2, -0.15) is 0 Å². The van der Waals surface area contributed by atoms with Gasteiger partial charge in [-0.05, 0) is 30.3 Å².